The van der Waals surface area contributed by atoms with Crippen LogP contribution >= 0.6 is 11.6 Å². The summed E-state index contributed by atoms with van der Waals surface area (Å²) in [5.41, 5.74) is 1.06. The molecule has 18 heavy (non-hydrogen) atoms. The lowest BCUT2D eigenvalue weighted by Gasteiger charge is -2.29. The number of halogens is 1. The van der Waals surface area contributed by atoms with Crippen LogP contribution in [0.15, 0.2) is 18.2 Å². The smallest absolute Gasteiger partial charge is 0.137 e. The number of ether oxygens (including phenoxy) is 2. The number of nitrogens with one attached hydrogen (secondary N) is 1. The Morgan fingerprint density at radius 1 is 1.17 bits per heavy atom. The molecular formula is C14H20ClNO2. The summed E-state index contributed by atoms with van der Waals surface area (Å²) < 4.78 is 10.5. The highest BCUT2D eigenvalue weighted by atomic mass is 35.5. The third-order valence-electron chi connectivity index (χ3n) is 3.53. The predicted octanol–water partition coefficient (Wildman–Crippen LogP) is 3.72. The average molecular weight is 270 g/mol. The van der Waals surface area contributed by atoms with Gasteiger partial charge in [0.15, 0.2) is 0 Å². The summed E-state index contributed by atoms with van der Waals surface area (Å²) in [6.07, 6.45) is 4.96. The van der Waals surface area contributed by atoms with Gasteiger partial charge in [-0.1, -0.05) is 11.6 Å². The zero-order chi connectivity index (χ0) is 13.0. The molecule has 0 bridgehead atoms. The van der Waals surface area contributed by atoms with E-state index in [1.807, 2.05) is 18.2 Å². The van der Waals surface area contributed by atoms with Gasteiger partial charge in [-0.3, -0.25) is 0 Å². The summed E-state index contributed by atoms with van der Waals surface area (Å²) in [6, 6.07) is 6.34. The topological polar surface area (TPSA) is 30.5 Å². The normalized spacial score (nSPS) is 23.7. The van der Waals surface area contributed by atoms with Gasteiger partial charge in [-0.15, -0.1) is 0 Å². The molecule has 0 saturated heterocycles. The molecule has 1 aromatic rings. The first-order chi connectivity index (χ1) is 8.72. The fourth-order valence-electron chi connectivity index (χ4n) is 2.43. The Hall–Kier alpha value is -0.930. The standard InChI is InChI=1S/C14H20ClNO2/c1-17-12-6-3-10(4-7-12)16-11-5-8-14(18-2)13(15)9-11/h5,8-10,12,16H,3-4,6-7H2,1-2H3. The molecule has 1 aliphatic carbocycles. The van der Waals surface area contributed by atoms with Crippen molar-refractivity contribution in [1.82, 2.24) is 0 Å². The van der Waals surface area contributed by atoms with Gasteiger partial charge in [-0.2, -0.15) is 0 Å². The van der Waals surface area contributed by atoms with Crippen LogP contribution in [0.2, 0.25) is 5.02 Å². The number of rotatable bonds is 4. The van der Waals surface area contributed by atoms with Gasteiger partial charge in [0.25, 0.3) is 0 Å². The second-order valence-corrected chi connectivity index (χ2v) is 5.11. The second kappa shape index (κ2) is 6.30. The van der Waals surface area contributed by atoms with E-state index >= 15 is 0 Å². The molecule has 2 rings (SSSR count). The number of hydrogen-bond acceptors (Lipinski definition) is 3. The van der Waals surface area contributed by atoms with Crippen LogP contribution in [0.4, 0.5) is 5.69 Å². The molecule has 4 heteroatoms. The Kier molecular flexibility index (Phi) is 4.72. The summed E-state index contributed by atoms with van der Waals surface area (Å²) in [5, 5.41) is 4.17. The summed E-state index contributed by atoms with van der Waals surface area (Å²) in [6.45, 7) is 0. The summed E-state index contributed by atoms with van der Waals surface area (Å²) in [5.74, 6) is 0.713. The Morgan fingerprint density at radius 2 is 1.89 bits per heavy atom. The zero-order valence-corrected chi connectivity index (χ0v) is 11.7. The third kappa shape index (κ3) is 3.30. The molecule has 1 N–H and O–H groups in total. The molecule has 0 spiro atoms. The van der Waals surface area contributed by atoms with Crippen LogP contribution in [0.1, 0.15) is 25.7 Å². The van der Waals surface area contributed by atoms with E-state index in [1.54, 1.807) is 14.2 Å². The van der Waals surface area contributed by atoms with E-state index < -0.39 is 0 Å². The molecule has 0 aliphatic heterocycles. The zero-order valence-electron chi connectivity index (χ0n) is 10.9. The van der Waals surface area contributed by atoms with Crippen molar-refractivity contribution in [3.63, 3.8) is 0 Å². The van der Waals surface area contributed by atoms with E-state index in [-0.39, 0.29) is 0 Å². The second-order valence-electron chi connectivity index (χ2n) is 4.70. The van der Waals surface area contributed by atoms with Crippen molar-refractivity contribution < 1.29 is 9.47 Å². The van der Waals surface area contributed by atoms with E-state index in [1.165, 1.54) is 0 Å². The quantitative estimate of drug-likeness (QED) is 0.904. The molecule has 1 saturated carbocycles. The van der Waals surface area contributed by atoms with E-state index in [0.717, 1.165) is 31.4 Å². The molecule has 0 heterocycles. The first kappa shape index (κ1) is 13.5. The number of hydrogen-bond donors (Lipinski definition) is 1. The van der Waals surface area contributed by atoms with Crippen LogP contribution in [-0.2, 0) is 4.74 Å². The average Bonchev–Trinajstić information content (AvgIpc) is 2.40. The SMILES string of the molecule is COc1ccc(NC2CCC(OC)CC2)cc1Cl. The summed E-state index contributed by atoms with van der Waals surface area (Å²) >= 11 is 6.11. The van der Waals surface area contributed by atoms with E-state index in [4.69, 9.17) is 21.1 Å². The molecule has 100 valence electrons. The van der Waals surface area contributed by atoms with Crippen molar-refractivity contribution in [3.05, 3.63) is 23.2 Å². The Morgan fingerprint density at radius 3 is 2.44 bits per heavy atom. The minimum Gasteiger partial charge on any atom is -0.495 e. The first-order valence-electron chi connectivity index (χ1n) is 6.36. The van der Waals surface area contributed by atoms with Crippen molar-refractivity contribution in [3.8, 4) is 5.75 Å². The maximum atomic E-state index is 6.11. The third-order valence-corrected chi connectivity index (χ3v) is 3.83. The van der Waals surface area contributed by atoms with Crippen molar-refractivity contribution >= 4 is 17.3 Å². The molecule has 1 fully saturated rings. The van der Waals surface area contributed by atoms with Crippen molar-refractivity contribution in [1.29, 1.82) is 0 Å². The first-order valence-corrected chi connectivity index (χ1v) is 6.73. The van der Waals surface area contributed by atoms with Gasteiger partial charge in [-0.25, -0.2) is 0 Å². The minimum absolute atomic E-state index is 0.433. The number of anilines is 1. The van der Waals surface area contributed by atoms with Crippen molar-refractivity contribution in [2.24, 2.45) is 0 Å². The number of benzene rings is 1. The van der Waals surface area contributed by atoms with Crippen LogP contribution < -0.4 is 10.1 Å². The van der Waals surface area contributed by atoms with Crippen LogP contribution in [-0.4, -0.2) is 26.4 Å². The maximum Gasteiger partial charge on any atom is 0.137 e. The molecule has 0 radical (unpaired) electrons. The lowest BCUT2D eigenvalue weighted by molar-refractivity contribution is 0.0682. The van der Waals surface area contributed by atoms with Gasteiger partial charge < -0.3 is 14.8 Å². The van der Waals surface area contributed by atoms with Gasteiger partial charge in [0.1, 0.15) is 5.75 Å². The number of methoxy groups -OCH3 is 2. The molecule has 0 aromatic heterocycles. The van der Waals surface area contributed by atoms with Crippen molar-refractivity contribution in [2.45, 2.75) is 37.8 Å². The van der Waals surface area contributed by atoms with Crippen LogP contribution in [0.3, 0.4) is 0 Å². The highest BCUT2D eigenvalue weighted by Crippen LogP contribution is 2.29. The van der Waals surface area contributed by atoms with Gasteiger partial charge in [-0.05, 0) is 43.9 Å². The van der Waals surface area contributed by atoms with Gasteiger partial charge in [0, 0.05) is 18.8 Å². The van der Waals surface area contributed by atoms with Gasteiger partial charge >= 0.3 is 0 Å². The summed E-state index contributed by atoms with van der Waals surface area (Å²) in [7, 11) is 3.42. The molecule has 0 atom stereocenters. The molecule has 1 aromatic carbocycles. The van der Waals surface area contributed by atoms with Crippen molar-refractivity contribution in [2.75, 3.05) is 19.5 Å². The van der Waals surface area contributed by atoms with E-state index in [9.17, 15) is 0 Å². The largest absolute Gasteiger partial charge is 0.495 e. The van der Waals surface area contributed by atoms with E-state index in [2.05, 4.69) is 5.32 Å². The van der Waals surface area contributed by atoms with E-state index in [0.29, 0.717) is 22.9 Å². The molecular weight excluding hydrogens is 250 g/mol. The van der Waals surface area contributed by atoms with Crippen LogP contribution in [0.5, 0.6) is 5.75 Å². The van der Waals surface area contributed by atoms with Crippen LogP contribution in [0.25, 0.3) is 0 Å². The monoisotopic (exact) mass is 269 g/mol. The fraction of sp³-hybridized carbons (Fsp3) is 0.571. The highest BCUT2D eigenvalue weighted by Gasteiger charge is 2.20. The Labute approximate surface area is 113 Å². The molecule has 3 nitrogen and oxygen atoms in total. The fourth-order valence-corrected chi connectivity index (χ4v) is 2.69. The predicted molar refractivity (Wildman–Crippen MR) is 74.7 cm³/mol. The Balaban J connectivity index is 1.92. The lowest BCUT2D eigenvalue weighted by Crippen LogP contribution is -2.29. The Bertz CT molecular complexity index is 389. The summed E-state index contributed by atoms with van der Waals surface area (Å²) in [4.78, 5) is 0. The van der Waals surface area contributed by atoms with Crippen LogP contribution in [0, 0.1) is 0 Å². The highest BCUT2D eigenvalue weighted by molar-refractivity contribution is 6.32. The molecule has 1 aliphatic rings. The maximum absolute atomic E-state index is 6.11. The van der Waals surface area contributed by atoms with Gasteiger partial charge in [0.05, 0.1) is 18.2 Å². The lowest BCUT2D eigenvalue weighted by atomic mass is 9.93. The molecule has 0 unspecified atom stereocenters. The minimum atomic E-state index is 0.433. The molecule has 0 amide bonds. The van der Waals surface area contributed by atoms with Gasteiger partial charge in [0.2, 0.25) is 0 Å².